The van der Waals surface area contributed by atoms with Gasteiger partial charge in [0.15, 0.2) is 0 Å². The van der Waals surface area contributed by atoms with E-state index in [1.54, 1.807) is 6.92 Å². The second-order valence-corrected chi connectivity index (χ2v) is 5.42. The Morgan fingerprint density at radius 3 is 3.00 bits per heavy atom. The number of fused-ring (bicyclic) bond motifs is 1. The van der Waals surface area contributed by atoms with Crippen LogP contribution in [0.2, 0.25) is 5.02 Å². The fourth-order valence-corrected chi connectivity index (χ4v) is 2.67. The van der Waals surface area contributed by atoms with Crippen LogP contribution in [0.4, 0.5) is 0 Å². The number of amides is 1. The minimum atomic E-state index is -0.342. The summed E-state index contributed by atoms with van der Waals surface area (Å²) in [5, 5.41) is 9.16. The number of nitrogens with zero attached hydrogens (tertiary/aromatic N) is 3. The molecule has 1 amide bonds. The third-order valence-electron chi connectivity index (χ3n) is 2.89. The van der Waals surface area contributed by atoms with Gasteiger partial charge in [0.2, 0.25) is 0 Å². The molecule has 0 aliphatic heterocycles. The zero-order chi connectivity index (χ0) is 14.8. The maximum atomic E-state index is 11.8. The summed E-state index contributed by atoms with van der Waals surface area (Å²) in [6, 6.07) is 7.65. The number of halogens is 1. The van der Waals surface area contributed by atoms with Crippen molar-refractivity contribution in [2.24, 2.45) is 5.10 Å². The molecule has 2 N–H and O–H groups in total. The lowest BCUT2D eigenvalue weighted by atomic mass is 10.2. The first kappa shape index (κ1) is 13.7. The molecule has 2 aromatic heterocycles. The number of aromatic amines is 1. The van der Waals surface area contributed by atoms with E-state index in [1.165, 1.54) is 6.21 Å². The predicted octanol–water partition coefficient (Wildman–Crippen LogP) is 2.75. The number of nitrogens with one attached hydrogen (secondary N) is 2. The van der Waals surface area contributed by atoms with Crippen LogP contribution in [-0.4, -0.2) is 26.7 Å². The molecule has 0 unspecified atom stereocenters. The fourth-order valence-electron chi connectivity index (χ4n) is 1.86. The number of carbonyl (C=O) groups excluding carboxylic acids is 1. The topological polar surface area (TPSA) is 83.0 Å². The molecule has 1 aromatic carbocycles. The standard InChI is InChI=1S/C13H10ClN5OS/c1-7-12(21-19-17-7)13(20)18-15-6-10-11(14)8-4-2-3-5-9(8)16-10/h2-6,16H,1H3,(H,18,20)/b15-6+. The highest BCUT2D eigenvalue weighted by Gasteiger charge is 2.12. The first-order chi connectivity index (χ1) is 10.2. The van der Waals surface area contributed by atoms with Crippen LogP contribution in [0.3, 0.4) is 0 Å². The van der Waals surface area contributed by atoms with Crippen LogP contribution in [-0.2, 0) is 0 Å². The van der Waals surface area contributed by atoms with Crippen molar-refractivity contribution in [2.75, 3.05) is 0 Å². The number of H-pyrrole nitrogens is 1. The van der Waals surface area contributed by atoms with E-state index >= 15 is 0 Å². The van der Waals surface area contributed by atoms with Gasteiger partial charge in [-0.25, -0.2) is 5.43 Å². The molecule has 106 valence electrons. The van der Waals surface area contributed by atoms with Crippen molar-refractivity contribution in [3.05, 3.63) is 45.6 Å². The Balaban J connectivity index is 1.78. The number of hydrazone groups is 1. The van der Waals surface area contributed by atoms with Crippen molar-refractivity contribution in [1.29, 1.82) is 0 Å². The SMILES string of the molecule is Cc1nnsc1C(=O)N/N=C/c1[nH]c2ccccc2c1Cl. The van der Waals surface area contributed by atoms with Gasteiger partial charge in [-0.2, -0.15) is 5.10 Å². The number of hydrogen-bond acceptors (Lipinski definition) is 5. The van der Waals surface area contributed by atoms with Gasteiger partial charge in [0.25, 0.3) is 5.91 Å². The molecular weight excluding hydrogens is 310 g/mol. The van der Waals surface area contributed by atoms with E-state index in [1.807, 2.05) is 24.3 Å². The third-order valence-corrected chi connectivity index (χ3v) is 4.12. The van der Waals surface area contributed by atoms with Crippen LogP contribution in [0.15, 0.2) is 29.4 Å². The minimum absolute atomic E-state index is 0.342. The largest absolute Gasteiger partial charge is 0.352 e. The van der Waals surface area contributed by atoms with Crippen molar-refractivity contribution in [2.45, 2.75) is 6.92 Å². The van der Waals surface area contributed by atoms with Gasteiger partial charge in [0.05, 0.1) is 22.6 Å². The molecule has 0 bridgehead atoms. The quantitative estimate of drug-likeness (QED) is 0.575. The van der Waals surface area contributed by atoms with E-state index < -0.39 is 0 Å². The monoisotopic (exact) mass is 319 g/mol. The molecule has 2 heterocycles. The van der Waals surface area contributed by atoms with Gasteiger partial charge >= 0.3 is 0 Å². The van der Waals surface area contributed by atoms with Crippen LogP contribution in [0.1, 0.15) is 21.1 Å². The van der Waals surface area contributed by atoms with Crippen molar-refractivity contribution in [1.82, 2.24) is 20.0 Å². The van der Waals surface area contributed by atoms with E-state index in [-0.39, 0.29) is 5.91 Å². The molecule has 8 heteroatoms. The summed E-state index contributed by atoms with van der Waals surface area (Å²) in [5.74, 6) is -0.342. The highest BCUT2D eigenvalue weighted by molar-refractivity contribution is 7.07. The number of hydrogen-bond donors (Lipinski definition) is 2. The summed E-state index contributed by atoms with van der Waals surface area (Å²) >= 11 is 7.27. The lowest BCUT2D eigenvalue weighted by Gasteiger charge is -1.95. The van der Waals surface area contributed by atoms with Gasteiger partial charge in [0.1, 0.15) is 4.88 Å². The van der Waals surface area contributed by atoms with E-state index in [0.29, 0.717) is 21.3 Å². The lowest BCUT2D eigenvalue weighted by molar-refractivity contribution is 0.0958. The Morgan fingerprint density at radius 2 is 2.29 bits per heavy atom. The maximum Gasteiger partial charge on any atom is 0.285 e. The van der Waals surface area contributed by atoms with Crippen molar-refractivity contribution >= 4 is 46.2 Å². The van der Waals surface area contributed by atoms with Gasteiger partial charge in [-0.1, -0.05) is 34.3 Å². The summed E-state index contributed by atoms with van der Waals surface area (Å²) < 4.78 is 3.70. The number of rotatable bonds is 3. The second-order valence-electron chi connectivity index (χ2n) is 4.28. The Labute approximate surface area is 129 Å². The highest BCUT2D eigenvalue weighted by atomic mass is 35.5. The van der Waals surface area contributed by atoms with Crippen LogP contribution >= 0.6 is 23.1 Å². The van der Waals surface area contributed by atoms with E-state index in [9.17, 15) is 4.79 Å². The Kier molecular flexibility index (Phi) is 3.68. The summed E-state index contributed by atoms with van der Waals surface area (Å²) in [5.41, 5.74) is 4.56. The molecule has 0 fully saturated rings. The normalized spacial score (nSPS) is 11.3. The number of aromatic nitrogens is 3. The average molecular weight is 320 g/mol. The van der Waals surface area contributed by atoms with Gasteiger partial charge in [-0.15, -0.1) is 5.10 Å². The van der Waals surface area contributed by atoms with E-state index in [2.05, 4.69) is 25.1 Å². The first-order valence-corrected chi connectivity index (χ1v) is 7.20. The second kappa shape index (κ2) is 5.63. The summed E-state index contributed by atoms with van der Waals surface area (Å²) in [4.78, 5) is 15.4. The molecule has 3 rings (SSSR count). The lowest BCUT2D eigenvalue weighted by Crippen LogP contribution is -2.17. The Hall–Kier alpha value is -2.25. The molecule has 0 spiro atoms. The van der Waals surface area contributed by atoms with Gasteiger partial charge in [-0.3, -0.25) is 4.79 Å². The summed E-state index contributed by atoms with van der Waals surface area (Å²) in [6.45, 7) is 1.72. The molecule has 21 heavy (non-hydrogen) atoms. The van der Waals surface area contributed by atoms with Crippen LogP contribution < -0.4 is 5.43 Å². The molecule has 3 aromatic rings. The summed E-state index contributed by atoms with van der Waals surface area (Å²) in [6.07, 6.45) is 1.48. The minimum Gasteiger partial charge on any atom is -0.352 e. The van der Waals surface area contributed by atoms with Crippen LogP contribution in [0.5, 0.6) is 0 Å². The number of carbonyl (C=O) groups is 1. The smallest absolute Gasteiger partial charge is 0.285 e. The fraction of sp³-hybridized carbons (Fsp3) is 0.0769. The predicted molar refractivity (Wildman–Crippen MR) is 83.0 cm³/mol. The zero-order valence-electron chi connectivity index (χ0n) is 10.9. The summed E-state index contributed by atoms with van der Waals surface area (Å²) in [7, 11) is 0. The van der Waals surface area contributed by atoms with E-state index in [4.69, 9.17) is 11.6 Å². The first-order valence-electron chi connectivity index (χ1n) is 6.05. The van der Waals surface area contributed by atoms with Crippen molar-refractivity contribution in [3.8, 4) is 0 Å². The maximum absolute atomic E-state index is 11.8. The van der Waals surface area contributed by atoms with E-state index in [0.717, 1.165) is 22.4 Å². The van der Waals surface area contributed by atoms with Crippen molar-refractivity contribution < 1.29 is 4.79 Å². The molecule has 6 nitrogen and oxygen atoms in total. The molecule has 0 atom stereocenters. The Bertz CT molecular complexity index is 838. The van der Waals surface area contributed by atoms with Gasteiger partial charge < -0.3 is 4.98 Å². The number of para-hydroxylation sites is 1. The molecule has 0 aliphatic rings. The highest BCUT2D eigenvalue weighted by Crippen LogP contribution is 2.25. The molecule has 0 radical (unpaired) electrons. The van der Waals surface area contributed by atoms with Crippen LogP contribution in [0, 0.1) is 6.92 Å². The van der Waals surface area contributed by atoms with Gasteiger partial charge in [-0.05, 0) is 24.5 Å². The molecule has 0 saturated carbocycles. The van der Waals surface area contributed by atoms with Gasteiger partial charge in [0, 0.05) is 10.9 Å². The Morgan fingerprint density at radius 1 is 1.48 bits per heavy atom. The molecular formula is C13H10ClN5OS. The van der Waals surface area contributed by atoms with Crippen LogP contribution in [0.25, 0.3) is 10.9 Å². The van der Waals surface area contributed by atoms with Crippen molar-refractivity contribution in [3.63, 3.8) is 0 Å². The third kappa shape index (κ3) is 2.65. The zero-order valence-corrected chi connectivity index (χ0v) is 12.5. The molecule has 0 aliphatic carbocycles. The average Bonchev–Trinajstić information content (AvgIpc) is 3.04. The number of aryl methyl sites for hydroxylation is 1. The molecule has 0 saturated heterocycles. The number of benzene rings is 1.